The molecule has 1 aromatic carbocycles. The second-order valence-electron chi connectivity index (χ2n) is 9.39. The van der Waals surface area contributed by atoms with Crippen molar-refractivity contribution in [2.75, 3.05) is 39.7 Å². The number of benzene rings is 1. The fourth-order valence-corrected chi connectivity index (χ4v) is 7.61. The molecule has 0 unspecified atom stereocenters. The summed E-state index contributed by atoms with van der Waals surface area (Å²) in [4.78, 5) is 12.9. The second-order valence-corrected chi connectivity index (χ2v) is 13.7. The number of hydrogen-bond acceptors (Lipinski definition) is 5. The summed E-state index contributed by atoms with van der Waals surface area (Å²) in [5, 5.41) is 13.5. The number of hydrogen-bond donors (Lipinski definition) is 0. The molecule has 0 amide bonds. The molecule has 1 aliphatic carbocycles. The summed E-state index contributed by atoms with van der Waals surface area (Å²) in [5.41, 5.74) is 6.50. The third-order valence-corrected chi connectivity index (χ3v) is 9.90. The molecule has 0 saturated heterocycles. The lowest BCUT2D eigenvalue weighted by Crippen LogP contribution is -2.49. The molecule has 7 heteroatoms. The van der Waals surface area contributed by atoms with E-state index in [4.69, 9.17) is 9.15 Å². The van der Waals surface area contributed by atoms with Crippen molar-refractivity contribution in [3.8, 4) is 0 Å². The van der Waals surface area contributed by atoms with Crippen LogP contribution < -0.4 is 15.2 Å². The van der Waals surface area contributed by atoms with Gasteiger partial charge in [-0.05, 0) is 45.8 Å². The van der Waals surface area contributed by atoms with E-state index >= 15 is 0 Å². The van der Waals surface area contributed by atoms with Crippen LogP contribution in [0.4, 0.5) is 5.69 Å². The number of carboxylic acid groups (broad SMARTS) is 1. The number of furan rings is 1. The van der Waals surface area contributed by atoms with Crippen molar-refractivity contribution < 1.29 is 23.6 Å². The molecule has 0 fully saturated rings. The number of carbonyl (C=O) groups is 1. The van der Waals surface area contributed by atoms with Crippen molar-refractivity contribution in [2.45, 2.75) is 19.7 Å². The Hall–Kier alpha value is -3.16. The van der Waals surface area contributed by atoms with Gasteiger partial charge in [0.2, 0.25) is 0 Å². The second kappa shape index (κ2) is 8.65. The van der Waals surface area contributed by atoms with Gasteiger partial charge in [-0.15, -0.1) is 0 Å². The van der Waals surface area contributed by atoms with Crippen molar-refractivity contribution >= 4 is 36.2 Å². The normalized spacial score (nSPS) is 16.3. The average Bonchev–Trinajstić information content (AvgIpc) is 3.21. The highest BCUT2D eigenvalue weighted by Crippen LogP contribution is 2.42. The Morgan fingerprint density at radius 1 is 1.18 bits per heavy atom. The molecule has 2 aromatic rings. The molecular weight excluding hydrogens is 432 g/mol. The summed E-state index contributed by atoms with van der Waals surface area (Å²) < 4.78 is 13.5. The fourth-order valence-electron chi connectivity index (χ4n) is 4.54. The van der Waals surface area contributed by atoms with E-state index in [1.165, 1.54) is 21.5 Å². The summed E-state index contributed by atoms with van der Waals surface area (Å²) >= 11 is 0. The van der Waals surface area contributed by atoms with Gasteiger partial charge in [0.15, 0.2) is 5.71 Å². The van der Waals surface area contributed by atoms with Gasteiger partial charge in [-0.25, -0.2) is 4.58 Å². The number of anilines is 1. The first-order valence-corrected chi connectivity index (χ1v) is 14.0. The molecule has 2 aliphatic rings. The Bertz CT molecular complexity index is 1240. The van der Waals surface area contributed by atoms with Gasteiger partial charge < -0.3 is 24.0 Å². The molecular formula is C26H30N2O4Si. The number of ether oxygens (including phenoxy) is 1. The minimum absolute atomic E-state index is 0.139. The van der Waals surface area contributed by atoms with E-state index in [2.05, 4.69) is 87.2 Å². The van der Waals surface area contributed by atoms with Crippen LogP contribution in [0.1, 0.15) is 16.9 Å². The lowest BCUT2D eigenvalue weighted by Gasteiger charge is -2.37. The largest absolute Gasteiger partial charge is 0.548 e. The first kappa shape index (κ1) is 23.0. The van der Waals surface area contributed by atoms with Gasteiger partial charge in [0.05, 0.1) is 25.4 Å². The Morgan fingerprint density at radius 3 is 2.61 bits per heavy atom. The Balaban J connectivity index is 1.96. The first-order chi connectivity index (χ1) is 15.6. The fraction of sp³-hybridized carbons (Fsp3) is 0.308. The first-order valence-electron chi connectivity index (χ1n) is 11.0. The Labute approximate surface area is 195 Å². The van der Waals surface area contributed by atoms with Crippen molar-refractivity contribution in [3.63, 3.8) is 0 Å². The number of aliphatic carboxylic acids is 1. The Morgan fingerprint density at radius 2 is 1.94 bits per heavy atom. The quantitative estimate of drug-likeness (QED) is 0.486. The topological polar surface area (TPSA) is 68.8 Å². The molecule has 1 aliphatic heterocycles. The van der Waals surface area contributed by atoms with Crippen LogP contribution in [-0.4, -0.2) is 59.1 Å². The molecule has 6 nitrogen and oxygen atoms in total. The van der Waals surface area contributed by atoms with Crippen molar-refractivity contribution in [1.82, 2.24) is 0 Å². The minimum Gasteiger partial charge on any atom is -0.548 e. The van der Waals surface area contributed by atoms with Gasteiger partial charge in [-0.1, -0.05) is 19.2 Å². The number of allylic oxidation sites excluding steroid dienone is 5. The SMILES string of the molecule is CN(C)c1ccc2c(c1)[Si](C)(C)C1=CC(=[N+](C)C)C=CC1=C2c1occc1COCC(=O)[O-]. The highest BCUT2D eigenvalue weighted by molar-refractivity contribution is 6.98. The maximum absolute atomic E-state index is 10.8. The monoisotopic (exact) mass is 462 g/mol. The van der Waals surface area contributed by atoms with Gasteiger partial charge in [0.1, 0.15) is 27.9 Å². The van der Waals surface area contributed by atoms with Crippen molar-refractivity contribution in [2.24, 2.45) is 0 Å². The number of rotatable bonds is 6. The standard InChI is InChI=1S/C26H30N2O4Si/c1-27(2)18-7-9-20-22(13-18)33(5,6)23-14-19(28(3)4)8-10-21(23)25(20)26-17(11-12-32-26)15-31-16-24(29)30/h7-14H,15-16H2,1-6H3. The van der Waals surface area contributed by atoms with Gasteiger partial charge in [0, 0.05) is 43.1 Å². The van der Waals surface area contributed by atoms with E-state index in [0.29, 0.717) is 0 Å². The highest BCUT2D eigenvalue weighted by Gasteiger charge is 2.41. The van der Waals surface area contributed by atoms with Crippen LogP contribution in [0.3, 0.4) is 0 Å². The van der Waals surface area contributed by atoms with Crippen LogP contribution in [0, 0.1) is 0 Å². The molecule has 1 aromatic heterocycles. The van der Waals surface area contributed by atoms with E-state index in [1.807, 2.05) is 6.07 Å². The average molecular weight is 463 g/mol. The van der Waals surface area contributed by atoms with E-state index < -0.39 is 20.7 Å². The smallest absolute Gasteiger partial charge is 0.199 e. The van der Waals surface area contributed by atoms with Crippen molar-refractivity contribution in [1.29, 1.82) is 0 Å². The lowest BCUT2D eigenvalue weighted by atomic mass is 9.91. The molecule has 0 saturated carbocycles. The lowest BCUT2D eigenvalue weighted by molar-refractivity contribution is -0.462. The predicted molar refractivity (Wildman–Crippen MR) is 132 cm³/mol. The van der Waals surface area contributed by atoms with E-state index in [1.54, 1.807) is 6.26 Å². The van der Waals surface area contributed by atoms with Gasteiger partial charge >= 0.3 is 0 Å². The number of carboxylic acids is 1. The van der Waals surface area contributed by atoms with Crippen LogP contribution in [0.25, 0.3) is 5.57 Å². The molecule has 4 rings (SSSR count). The summed E-state index contributed by atoms with van der Waals surface area (Å²) in [6, 6.07) is 8.47. The zero-order chi connectivity index (χ0) is 23.9. The van der Waals surface area contributed by atoms with Crippen LogP contribution in [0.15, 0.2) is 63.9 Å². The number of fused-ring (bicyclic) bond motifs is 2. The third kappa shape index (κ3) is 4.14. The van der Waals surface area contributed by atoms with Gasteiger partial charge in [-0.2, -0.15) is 0 Å². The molecule has 0 atom stereocenters. The maximum Gasteiger partial charge on any atom is 0.199 e. The van der Waals surface area contributed by atoms with Crippen LogP contribution in [0.5, 0.6) is 0 Å². The molecule has 2 heterocycles. The van der Waals surface area contributed by atoms with Crippen molar-refractivity contribution in [3.05, 3.63) is 76.4 Å². The number of nitrogens with zero attached hydrogens (tertiary/aromatic N) is 2. The predicted octanol–water partition coefficient (Wildman–Crippen LogP) is 2.09. The van der Waals surface area contributed by atoms with Gasteiger partial charge in [-0.3, -0.25) is 0 Å². The van der Waals surface area contributed by atoms with E-state index in [0.717, 1.165) is 28.3 Å². The molecule has 0 N–H and O–H groups in total. The molecule has 0 spiro atoms. The summed E-state index contributed by atoms with van der Waals surface area (Å²) in [7, 11) is 6.20. The van der Waals surface area contributed by atoms with Crippen LogP contribution in [-0.2, 0) is 16.1 Å². The van der Waals surface area contributed by atoms with E-state index in [-0.39, 0.29) is 6.61 Å². The van der Waals surface area contributed by atoms with Gasteiger partial charge in [0.25, 0.3) is 0 Å². The summed E-state index contributed by atoms with van der Waals surface area (Å²) in [6.45, 7) is 4.48. The molecule has 0 radical (unpaired) electrons. The van der Waals surface area contributed by atoms with Crippen LogP contribution in [0.2, 0.25) is 13.1 Å². The van der Waals surface area contributed by atoms with E-state index in [9.17, 15) is 9.90 Å². The summed E-state index contributed by atoms with van der Waals surface area (Å²) in [5.74, 6) is -0.517. The maximum atomic E-state index is 10.8. The third-order valence-electron chi connectivity index (χ3n) is 6.38. The molecule has 0 bridgehead atoms. The zero-order valence-corrected chi connectivity index (χ0v) is 21.1. The Kier molecular flexibility index (Phi) is 6.03. The minimum atomic E-state index is -2.03. The zero-order valence-electron chi connectivity index (χ0n) is 20.1. The highest BCUT2D eigenvalue weighted by atomic mass is 28.3. The van der Waals surface area contributed by atoms with Crippen LogP contribution >= 0.6 is 0 Å². The molecule has 172 valence electrons. The summed E-state index contributed by atoms with van der Waals surface area (Å²) in [6.07, 6.45) is 8.27. The number of carbonyl (C=O) groups excluding carboxylic acids is 1. The molecule has 33 heavy (non-hydrogen) atoms.